The number of alkyl halides is 2. The molecule has 1 amide bonds. The molecule has 2 saturated heterocycles. The maximum absolute atomic E-state index is 15.2. The van der Waals surface area contributed by atoms with Crippen molar-refractivity contribution in [1.29, 1.82) is 0 Å². The van der Waals surface area contributed by atoms with Crippen LogP contribution >= 0.6 is 0 Å². The Bertz CT molecular complexity index is 1570. The Kier molecular flexibility index (Phi) is 6.10. The highest BCUT2D eigenvalue weighted by molar-refractivity contribution is 5.85. The second-order valence-corrected chi connectivity index (χ2v) is 10.6. The van der Waals surface area contributed by atoms with E-state index in [0.717, 1.165) is 25.5 Å². The normalized spacial score (nSPS) is 21.0. The van der Waals surface area contributed by atoms with Crippen molar-refractivity contribution < 1.29 is 23.1 Å². The summed E-state index contributed by atoms with van der Waals surface area (Å²) in [5, 5.41) is 11.3. The van der Waals surface area contributed by atoms with E-state index in [-0.39, 0.29) is 29.2 Å². The molecule has 4 aromatic rings. The van der Waals surface area contributed by atoms with Gasteiger partial charge in [-0.05, 0) is 43.4 Å². The number of halogens is 3. The molecule has 202 valence electrons. The lowest BCUT2D eigenvalue weighted by atomic mass is 9.87. The second-order valence-electron chi connectivity index (χ2n) is 10.6. The van der Waals surface area contributed by atoms with Crippen LogP contribution in [0.15, 0.2) is 54.7 Å². The van der Waals surface area contributed by atoms with E-state index < -0.39 is 18.0 Å². The van der Waals surface area contributed by atoms with Gasteiger partial charge in [0.1, 0.15) is 28.5 Å². The van der Waals surface area contributed by atoms with Crippen molar-refractivity contribution in [2.24, 2.45) is 0 Å². The van der Waals surface area contributed by atoms with Crippen LogP contribution in [-0.2, 0) is 10.4 Å². The number of hydrogen-bond donors (Lipinski definition) is 2. The molecule has 2 fully saturated rings. The van der Waals surface area contributed by atoms with Crippen LogP contribution in [0.2, 0.25) is 0 Å². The number of piperidine rings is 1. The highest BCUT2D eigenvalue weighted by Gasteiger charge is 2.38. The quantitative estimate of drug-likeness (QED) is 0.367. The van der Waals surface area contributed by atoms with Gasteiger partial charge in [-0.2, -0.15) is 4.39 Å². The highest BCUT2D eigenvalue weighted by Crippen LogP contribution is 2.39. The molecule has 10 heteroatoms. The maximum atomic E-state index is 15.2. The van der Waals surface area contributed by atoms with E-state index >= 15 is 4.39 Å². The standard InChI is InChI=1S/C29H28F3N5O2/c1-29(39,20-4-2-3-17(13-20)26(31)32)19-8-5-16(6-9-19)24-25-27(33)34-14-22(30)37(25)28(35-24)18-7-10-21-11-12-23(38)36(21)15-18/h2-6,8-9,13-14,18,21,26,39H,7,10-12,15H2,1H3,(H2,33,34)/t18-,21+,29?/m1/s1. The number of imidazole rings is 1. The van der Waals surface area contributed by atoms with Crippen molar-refractivity contribution in [3.05, 3.63) is 83.2 Å². The van der Waals surface area contributed by atoms with Crippen LogP contribution in [0, 0.1) is 5.95 Å². The molecule has 4 heterocycles. The molecule has 0 bridgehead atoms. The molecule has 0 radical (unpaired) electrons. The fourth-order valence-corrected chi connectivity index (χ4v) is 5.98. The third-order valence-corrected chi connectivity index (χ3v) is 8.17. The Labute approximate surface area is 223 Å². The second kappa shape index (κ2) is 9.37. The number of carbonyl (C=O) groups is 1. The summed E-state index contributed by atoms with van der Waals surface area (Å²) in [5.41, 5.74) is 6.76. The van der Waals surface area contributed by atoms with E-state index in [1.165, 1.54) is 22.6 Å². The minimum absolute atomic E-state index is 0.120. The van der Waals surface area contributed by atoms with E-state index in [0.29, 0.717) is 46.7 Å². The van der Waals surface area contributed by atoms with Gasteiger partial charge in [-0.3, -0.25) is 9.20 Å². The number of anilines is 1. The van der Waals surface area contributed by atoms with Crippen LogP contribution in [0.4, 0.5) is 19.0 Å². The topological polar surface area (TPSA) is 96.8 Å². The van der Waals surface area contributed by atoms with Gasteiger partial charge in [-0.1, -0.05) is 42.5 Å². The predicted molar refractivity (Wildman–Crippen MR) is 140 cm³/mol. The first-order chi connectivity index (χ1) is 18.6. The summed E-state index contributed by atoms with van der Waals surface area (Å²) in [6, 6.07) is 12.8. The molecule has 2 aromatic heterocycles. The van der Waals surface area contributed by atoms with Crippen LogP contribution in [0.3, 0.4) is 0 Å². The van der Waals surface area contributed by atoms with Gasteiger partial charge in [-0.15, -0.1) is 0 Å². The lowest BCUT2D eigenvalue weighted by molar-refractivity contribution is -0.130. The van der Waals surface area contributed by atoms with Crippen molar-refractivity contribution in [2.45, 2.75) is 56.6 Å². The number of rotatable bonds is 5. The Morgan fingerprint density at radius 3 is 2.62 bits per heavy atom. The van der Waals surface area contributed by atoms with E-state index in [4.69, 9.17) is 10.7 Å². The van der Waals surface area contributed by atoms with Crippen molar-refractivity contribution in [1.82, 2.24) is 19.3 Å². The van der Waals surface area contributed by atoms with Crippen molar-refractivity contribution in [3.8, 4) is 11.3 Å². The number of aliphatic hydroxyl groups is 1. The van der Waals surface area contributed by atoms with Crippen molar-refractivity contribution in [2.75, 3.05) is 12.3 Å². The third kappa shape index (κ3) is 4.23. The van der Waals surface area contributed by atoms with Gasteiger partial charge in [0.25, 0.3) is 6.43 Å². The summed E-state index contributed by atoms with van der Waals surface area (Å²) in [5.74, 6) is -0.0287. The highest BCUT2D eigenvalue weighted by atomic mass is 19.3. The molecule has 1 unspecified atom stereocenters. The molecule has 3 atom stereocenters. The zero-order valence-corrected chi connectivity index (χ0v) is 21.3. The van der Waals surface area contributed by atoms with Gasteiger partial charge in [0.2, 0.25) is 11.9 Å². The van der Waals surface area contributed by atoms with Crippen molar-refractivity contribution >= 4 is 17.2 Å². The van der Waals surface area contributed by atoms with E-state index in [1.54, 1.807) is 37.3 Å². The summed E-state index contributed by atoms with van der Waals surface area (Å²) in [6.45, 7) is 2.02. The minimum Gasteiger partial charge on any atom is -0.382 e. The number of hydrogen-bond acceptors (Lipinski definition) is 5. The zero-order valence-electron chi connectivity index (χ0n) is 21.3. The number of carbonyl (C=O) groups excluding carboxylic acids is 1. The number of amides is 1. The number of nitrogen functional groups attached to an aromatic ring is 1. The van der Waals surface area contributed by atoms with Crippen molar-refractivity contribution in [3.63, 3.8) is 0 Å². The van der Waals surface area contributed by atoms with E-state index in [9.17, 15) is 18.7 Å². The molecule has 0 spiro atoms. The molecule has 3 N–H and O–H groups in total. The first-order valence-electron chi connectivity index (χ1n) is 13.0. The average Bonchev–Trinajstić information content (AvgIpc) is 3.53. The van der Waals surface area contributed by atoms with Crippen LogP contribution in [0.25, 0.3) is 16.8 Å². The first-order valence-corrected chi connectivity index (χ1v) is 13.0. The fraction of sp³-hybridized carbons (Fsp3) is 0.345. The first kappa shape index (κ1) is 25.4. The fourth-order valence-electron chi connectivity index (χ4n) is 5.98. The number of benzene rings is 2. The predicted octanol–water partition coefficient (Wildman–Crippen LogP) is 5.18. The number of nitrogens with zero attached hydrogens (tertiary/aromatic N) is 4. The summed E-state index contributed by atoms with van der Waals surface area (Å²) < 4.78 is 43.1. The molecule has 2 aliphatic rings. The summed E-state index contributed by atoms with van der Waals surface area (Å²) in [6.07, 6.45) is 1.42. The largest absolute Gasteiger partial charge is 0.382 e. The smallest absolute Gasteiger partial charge is 0.263 e. The Balaban J connectivity index is 1.39. The monoisotopic (exact) mass is 535 g/mol. The Morgan fingerprint density at radius 2 is 1.87 bits per heavy atom. The van der Waals surface area contributed by atoms with Gasteiger partial charge in [0, 0.05) is 36.1 Å². The molecule has 6 rings (SSSR count). The SMILES string of the molecule is CC(O)(c1ccc(-c2nc([C@@H]3CC[C@H]4CCC(=O)N4C3)n3c(F)cnc(N)c23)cc1)c1cccc(C(F)F)c1. The Hall–Kier alpha value is -3.92. The third-order valence-electron chi connectivity index (χ3n) is 8.17. The molecule has 2 aliphatic heterocycles. The van der Waals surface area contributed by atoms with Gasteiger partial charge < -0.3 is 15.7 Å². The maximum Gasteiger partial charge on any atom is 0.263 e. The number of fused-ring (bicyclic) bond motifs is 2. The average molecular weight is 536 g/mol. The summed E-state index contributed by atoms with van der Waals surface area (Å²) in [4.78, 5) is 23.1. The van der Waals surface area contributed by atoms with E-state index in [2.05, 4.69) is 4.98 Å². The molecule has 39 heavy (non-hydrogen) atoms. The summed E-state index contributed by atoms with van der Waals surface area (Å²) in [7, 11) is 0. The van der Waals surface area contributed by atoms with Crippen LogP contribution in [-0.4, -0.2) is 42.9 Å². The van der Waals surface area contributed by atoms with Gasteiger partial charge >= 0.3 is 0 Å². The lowest BCUT2D eigenvalue weighted by Crippen LogP contribution is -2.41. The molecular weight excluding hydrogens is 507 g/mol. The molecular formula is C29H28F3N5O2. The molecule has 0 saturated carbocycles. The Morgan fingerprint density at radius 1 is 1.10 bits per heavy atom. The lowest BCUT2D eigenvalue weighted by Gasteiger charge is -2.34. The van der Waals surface area contributed by atoms with Crippen LogP contribution < -0.4 is 5.73 Å². The molecule has 2 aromatic carbocycles. The summed E-state index contributed by atoms with van der Waals surface area (Å²) >= 11 is 0. The minimum atomic E-state index is -2.65. The number of aromatic nitrogens is 3. The number of nitrogens with two attached hydrogens (primary N) is 1. The van der Waals surface area contributed by atoms with E-state index in [1.807, 2.05) is 4.90 Å². The van der Waals surface area contributed by atoms with Crippen LogP contribution in [0.5, 0.6) is 0 Å². The van der Waals surface area contributed by atoms with Gasteiger partial charge in [0.15, 0.2) is 0 Å². The zero-order chi connectivity index (χ0) is 27.5. The molecule has 0 aliphatic carbocycles. The van der Waals surface area contributed by atoms with Gasteiger partial charge in [-0.25, -0.2) is 18.7 Å². The molecule has 7 nitrogen and oxygen atoms in total. The van der Waals surface area contributed by atoms with Gasteiger partial charge in [0.05, 0.1) is 6.20 Å². The van der Waals surface area contributed by atoms with Crippen LogP contribution in [0.1, 0.15) is 67.5 Å².